The second-order valence-corrected chi connectivity index (χ2v) is 4.45. The van der Waals surface area contributed by atoms with Crippen molar-refractivity contribution < 1.29 is 9.90 Å². The van der Waals surface area contributed by atoms with Gasteiger partial charge in [0.05, 0.1) is 6.04 Å². The van der Waals surface area contributed by atoms with Crippen LogP contribution in [0.4, 0.5) is 4.79 Å². The number of carbonyl (C=O) groups is 1. The summed E-state index contributed by atoms with van der Waals surface area (Å²) in [6, 6.07) is 15.5. The van der Waals surface area contributed by atoms with Crippen molar-refractivity contribution in [3.8, 4) is 11.1 Å². The lowest BCUT2D eigenvalue weighted by atomic mass is 10.0. The van der Waals surface area contributed by atoms with Crippen LogP contribution < -0.4 is 5.11 Å². The number of benzene rings is 2. The van der Waals surface area contributed by atoms with Gasteiger partial charge in [-0.3, -0.25) is 0 Å². The minimum Gasteiger partial charge on any atom is -0.530 e. The molecule has 0 radical (unpaired) electrons. The van der Waals surface area contributed by atoms with Crippen molar-refractivity contribution in [2.75, 3.05) is 7.05 Å². The molecule has 0 fully saturated rings. The molecule has 18 heavy (non-hydrogen) atoms. The molecule has 0 spiro atoms. The van der Waals surface area contributed by atoms with E-state index in [0.717, 1.165) is 22.3 Å². The Bertz CT molecular complexity index is 576. The lowest BCUT2D eigenvalue weighted by Crippen LogP contribution is -2.40. The maximum Gasteiger partial charge on any atom is 0.137 e. The van der Waals surface area contributed by atoms with Crippen LogP contribution in [0.15, 0.2) is 48.5 Å². The number of hydrogen-bond donors (Lipinski definition) is 0. The third-order valence-corrected chi connectivity index (χ3v) is 3.48. The van der Waals surface area contributed by atoms with Crippen LogP contribution >= 0.6 is 0 Å². The lowest BCUT2D eigenvalue weighted by molar-refractivity contribution is -0.265. The maximum atomic E-state index is 11.1. The average molecular weight is 238 g/mol. The van der Waals surface area contributed by atoms with Gasteiger partial charge >= 0.3 is 0 Å². The SMILES string of the molecule is CN(C(=O)[O-])C1c2ccccc2-c2ccccc21. The van der Waals surface area contributed by atoms with E-state index in [1.165, 1.54) is 4.90 Å². The summed E-state index contributed by atoms with van der Waals surface area (Å²) in [5.74, 6) is 0. The standard InChI is InChI=1S/C15H13NO2/c1-16(15(17)18)14-12-8-4-2-6-10(12)11-7-3-5-9-13(11)14/h2-9,14H,1H3,(H,17,18)/p-1. The second-order valence-electron chi connectivity index (χ2n) is 4.45. The van der Waals surface area contributed by atoms with Gasteiger partial charge in [-0.1, -0.05) is 48.5 Å². The second kappa shape index (κ2) is 3.88. The van der Waals surface area contributed by atoms with Crippen LogP contribution in [0.3, 0.4) is 0 Å². The van der Waals surface area contributed by atoms with Gasteiger partial charge in [0.2, 0.25) is 0 Å². The number of carboxylic acid groups (broad SMARTS) is 1. The average Bonchev–Trinajstić information content (AvgIpc) is 2.72. The monoisotopic (exact) mass is 238 g/mol. The number of carbonyl (C=O) groups excluding carboxylic acids is 1. The third-order valence-electron chi connectivity index (χ3n) is 3.48. The molecule has 3 nitrogen and oxygen atoms in total. The van der Waals surface area contributed by atoms with Gasteiger partial charge < -0.3 is 14.8 Å². The van der Waals surface area contributed by atoms with Crippen LogP contribution in [-0.2, 0) is 0 Å². The first kappa shape index (κ1) is 10.8. The van der Waals surface area contributed by atoms with Crippen molar-refractivity contribution in [1.82, 2.24) is 4.90 Å². The Hall–Kier alpha value is -2.29. The molecule has 90 valence electrons. The largest absolute Gasteiger partial charge is 0.530 e. The van der Waals surface area contributed by atoms with Crippen LogP contribution in [0.1, 0.15) is 17.2 Å². The van der Waals surface area contributed by atoms with Crippen LogP contribution in [0.25, 0.3) is 11.1 Å². The smallest absolute Gasteiger partial charge is 0.137 e. The van der Waals surface area contributed by atoms with Crippen molar-refractivity contribution in [2.45, 2.75) is 6.04 Å². The fourth-order valence-corrected chi connectivity index (χ4v) is 2.65. The molecule has 1 amide bonds. The Balaban J connectivity index is 2.24. The summed E-state index contributed by atoms with van der Waals surface area (Å²) >= 11 is 0. The molecule has 0 bridgehead atoms. The van der Waals surface area contributed by atoms with E-state index in [1.54, 1.807) is 7.05 Å². The number of hydrogen-bond acceptors (Lipinski definition) is 2. The Morgan fingerprint density at radius 2 is 1.44 bits per heavy atom. The first-order valence-electron chi connectivity index (χ1n) is 5.82. The normalized spacial score (nSPS) is 12.9. The molecule has 0 aromatic heterocycles. The first-order chi connectivity index (χ1) is 8.70. The summed E-state index contributed by atoms with van der Waals surface area (Å²) in [5, 5.41) is 11.1. The highest BCUT2D eigenvalue weighted by molar-refractivity contribution is 5.80. The lowest BCUT2D eigenvalue weighted by Gasteiger charge is -2.28. The summed E-state index contributed by atoms with van der Waals surface area (Å²) < 4.78 is 0. The van der Waals surface area contributed by atoms with Gasteiger partial charge in [0, 0.05) is 7.05 Å². The Morgan fingerprint density at radius 1 is 1.00 bits per heavy atom. The summed E-state index contributed by atoms with van der Waals surface area (Å²) in [5.41, 5.74) is 4.24. The molecule has 1 aliphatic rings. The highest BCUT2D eigenvalue weighted by Gasteiger charge is 2.30. The highest BCUT2D eigenvalue weighted by Crippen LogP contribution is 2.45. The predicted octanol–water partition coefficient (Wildman–Crippen LogP) is 2.03. The van der Waals surface area contributed by atoms with E-state index in [0.29, 0.717) is 0 Å². The van der Waals surface area contributed by atoms with Gasteiger partial charge in [-0.2, -0.15) is 0 Å². The van der Waals surface area contributed by atoms with Gasteiger partial charge in [-0.05, 0) is 22.3 Å². The minimum atomic E-state index is -1.16. The fourth-order valence-electron chi connectivity index (χ4n) is 2.65. The van der Waals surface area contributed by atoms with Crippen molar-refractivity contribution in [1.29, 1.82) is 0 Å². The zero-order chi connectivity index (χ0) is 12.7. The summed E-state index contributed by atoms with van der Waals surface area (Å²) in [6.45, 7) is 0. The molecule has 0 saturated heterocycles. The van der Waals surface area contributed by atoms with Gasteiger partial charge in [0.25, 0.3) is 0 Å². The Labute approximate surface area is 105 Å². The van der Waals surface area contributed by atoms with Crippen molar-refractivity contribution in [3.05, 3.63) is 59.7 Å². The number of fused-ring (bicyclic) bond motifs is 3. The zero-order valence-electron chi connectivity index (χ0n) is 9.96. The fraction of sp³-hybridized carbons (Fsp3) is 0.133. The van der Waals surface area contributed by atoms with Crippen molar-refractivity contribution >= 4 is 6.09 Å². The molecule has 0 saturated carbocycles. The van der Waals surface area contributed by atoms with E-state index >= 15 is 0 Å². The minimum absolute atomic E-state index is 0.262. The molecule has 2 aromatic carbocycles. The van der Waals surface area contributed by atoms with Gasteiger partial charge in [-0.25, -0.2) is 0 Å². The third kappa shape index (κ3) is 1.40. The van der Waals surface area contributed by atoms with Gasteiger partial charge in [0.1, 0.15) is 6.09 Å². The van der Waals surface area contributed by atoms with Crippen molar-refractivity contribution in [2.24, 2.45) is 0 Å². The number of amides is 1. The maximum absolute atomic E-state index is 11.1. The molecular weight excluding hydrogens is 226 g/mol. The van der Waals surface area contributed by atoms with E-state index in [1.807, 2.05) is 48.5 Å². The number of nitrogens with zero attached hydrogens (tertiary/aromatic N) is 1. The van der Waals surface area contributed by atoms with Gasteiger partial charge in [-0.15, -0.1) is 0 Å². The predicted molar refractivity (Wildman–Crippen MR) is 66.9 cm³/mol. The molecule has 0 unspecified atom stereocenters. The van der Waals surface area contributed by atoms with Crippen LogP contribution in [0.5, 0.6) is 0 Å². The Kier molecular flexibility index (Phi) is 2.33. The van der Waals surface area contributed by atoms with E-state index < -0.39 is 6.09 Å². The molecule has 0 aliphatic heterocycles. The summed E-state index contributed by atoms with van der Waals surface area (Å²) in [6.07, 6.45) is -1.16. The summed E-state index contributed by atoms with van der Waals surface area (Å²) in [4.78, 5) is 12.4. The van der Waals surface area contributed by atoms with E-state index in [9.17, 15) is 9.90 Å². The highest BCUT2D eigenvalue weighted by atomic mass is 16.4. The zero-order valence-corrected chi connectivity index (χ0v) is 9.96. The molecule has 3 heteroatoms. The van der Waals surface area contributed by atoms with Crippen LogP contribution in [0, 0.1) is 0 Å². The first-order valence-corrected chi connectivity index (χ1v) is 5.82. The Morgan fingerprint density at radius 3 is 1.89 bits per heavy atom. The van der Waals surface area contributed by atoms with Crippen LogP contribution in [-0.4, -0.2) is 18.0 Å². The number of rotatable bonds is 1. The quantitative estimate of drug-likeness (QED) is 0.763. The molecule has 0 heterocycles. The molecular formula is C15H12NO2-. The topological polar surface area (TPSA) is 43.4 Å². The molecule has 3 rings (SSSR count). The van der Waals surface area contributed by atoms with Crippen molar-refractivity contribution in [3.63, 3.8) is 0 Å². The molecule has 2 aromatic rings. The molecule has 0 atom stereocenters. The van der Waals surface area contributed by atoms with E-state index in [2.05, 4.69) is 0 Å². The van der Waals surface area contributed by atoms with E-state index in [4.69, 9.17) is 0 Å². The molecule has 1 aliphatic carbocycles. The van der Waals surface area contributed by atoms with Crippen LogP contribution in [0.2, 0.25) is 0 Å². The van der Waals surface area contributed by atoms with Gasteiger partial charge in [0.15, 0.2) is 0 Å². The molecule has 0 N–H and O–H groups in total. The van der Waals surface area contributed by atoms with E-state index in [-0.39, 0.29) is 6.04 Å². The summed E-state index contributed by atoms with van der Waals surface area (Å²) in [7, 11) is 1.55.